The maximum Gasteiger partial charge on any atom is 0.414 e. The van der Waals surface area contributed by atoms with Crippen LogP contribution in [0.4, 0.5) is 29.6 Å². The fraction of sp³-hybridized carbons (Fsp3) is 0.456. The number of nitrogens with zero attached hydrogens (tertiary/aromatic N) is 3. The van der Waals surface area contributed by atoms with Crippen LogP contribution in [0.25, 0.3) is 21.8 Å². The van der Waals surface area contributed by atoms with Gasteiger partial charge in [-0.25, -0.2) is 41.3 Å². The number of anilines is 2. The van der Waals surface area contributed by atoms with Gasteiger partial charge in [0, 0.05) is 48.8 Å². The number of nitrogens with two attached hydrogens (primary N) is 1. The molecule has 2 aromatic heterocycles. The summed E-state index contributed by atoms with van der Waals surface area (Å²) >= 11 is 1.12. The summed E-state index contributed by atoms with van der Waals surface area (Å²) in [5, 5.41) is 97.6. The Labute approximate surface area is 510 Å². The highest BCUT2D eigenvalue weighted by Crippen LogP contribution is 2.42. The number of halogens is 3. The first-order valence-electron chi connectivity index (χ1n) is 27.3. The van der Waals surface area contributed by atoms with Crippen LogP contribution in [0.5, 0.6) is 0 Å². The fourth-order valence-electron chi connectivity index (χ4n) is 9.04. The van der Waals surface area contributed by atoms with E-state index in [1.807, 2.05) is 25.5 Å². The van der Waals surface area contributed by atoms with E-state index < -0.39 is 190 Å². The van der Waals surface area contributed by atoms with E-state index in [1.165, 1.54) is 55.6 Å². The molecule has 5 aromatic rings. The second kappa shape index (κ2) is 30.5. The van der Waals surface area contributed by atoms with Crippen molar-refractivity contribution in [2.45, 2.75) is 144 Å². The van der Waals surface area contributed by atoms with E-state index >= 15 is 4.39 Å². The highest BCUT2D eigenvalue weighted by Gasteiger charge is 2.48. The van der Waals surface area contributed by atoms with Crippen molar-refractivity contribution in [2.24, 2.45) is 17.6 Å². The molecule has 3 amide bonds. The van der Waals surface area contributed by atoms with Crippen LogP contribution in [0.1, 0.15) is 70.0 Å². The lowest BCUT2D eigenvalue weighted by Gasteiger charge is -2.42. The van der Waals surface area contributed by atoms with Crippen LogP contribution in [-0.2, 0) is 66.6 Å². The standard InChI is InChI=1S/C57H68F3N7O20S2/c1-25(63-52(81)31(26(2)70)21-38(73)44(76)47(79)49(39(74)22-68)87-53-48(80)46(78)45(77)40(23-69)86-53)36(71)19-29(20-41(61)75)37(72)18-27-12-14-28(15-13-27)24-85-56(82)66-55-62-17-16-35(64-55)50-43(65-54(88-50)57(3,4)5)30-8-6-11-34(42(30)60)67-89(83,84)51-32(58)9-7-10-33(51)59/h6-17,25-26,29,31,39-40,44-49,53,67-70,74,76-80H,18-24H2,1-5H3,(H2,61,75)(H,63,81)(H,62,64,66,82)/t25?,26?,29?,31?,39-,40-,44+,45+,46+,47+,48-,49+,53+/m1/s1. The molecule has 1 aliphatic heterocycles. The van der Waals surface area contributed by atoms with Crippen molar-refractivity contribution in [1.82, 2.24) is 20.3 Å². The molecule has 6 rings (SSSR count). The van der Waals surface area contributed by atoms with E-state index in [-0.39, 0.29) is 40.8 Å². The molecule has 0 saturated carbocycles. The van der Waals surface area contributed by atoms with E-state index in [4.69, 9.17) is 19.9 Å². The van der Waals surface area contributed by atoms with Gasteiger partial charge >= 0.3 is 6.09 Å². The molecule has 0 spiro atoms. The molecule has 0 aliphatic carbocycles. The second-order valence-corrected chi connectivity index (χ2v) is 24.6. The number of primary amides is 1. The summed E-state index contributed by atoms with van der Waals surface area (Å²) < 4.78 is 89.4. The predicted molar refractivity (Wildman–Crippen MR) is 306 cm³/mol. The van der Waals surface area contributed by atoms with Gasteiger partial charge in [-0.2, -0.15) is 0 Å². The zero-order chi connectivity index (χ0) is 66.0. The van der Waals surface area contributed by atoms with Gasteiger partial charge in [0.1, 0.15) is 72.9 Å². The van der Waals surface area contributed by atoms with E-state index in [1.54, 1.807) is 0 Å². The molecular formula is C57H68F3N7O20S2. The van der Waals surface area contributed by atoms with E-state index in [0.29, 0.717) is 16.1 Å². The number of carbonyl (C=O) groups is 6. The number of carbonyl (C=O) groups excluding carboxylic acids is 6. The molecule has 32 heteroatoms. The number of ether oxygens (including phenoxy) is 3. The van der Waals surface area contributed by atoms with E-state index in [0.717, 1.165) is 42.5 Å². The second-order valence-electron chi connectivity index (χ2n) is 22.0. The lowest BCUT2D eigenvalue weighted by atomic mass is 9.88. The topological polar surface area (TPSA) is 447 Å². The van der Waals surface area contributed by atoms with Crippen LogP contribution < -0.4 is 21.1 Å². The Hall–Kier alpha value is -7.31. The first kappa shape index (κ1) is 70.8. The number of aliphatic hydroxyl groups is 9. The molecule has 0 radical (unpaired) electrons. The van der Waals surface area contributed by atoms with Crippen molar-refractivity contribution in [2.75, 3.05) is 23.3 Å². The third-order valence-corrected chi connectivity index (χ3v) is 17.0. The zero-order valence-electron chi connectivity index (χ0n) is 48.3. The summed E-state index contributed by atoms with van der Waals surface area (Å²) in [5.74, 6) is -12.0. The highest BCUT2D eigenvalue weighted by atomic mass is 32.2. The third kappa shape index (κ3) is 18.0. The minimum absolute atomic E-state index is 0.0171. The molecule has 484 valence electrons. The molecule has 27 nitrogen and oxygen atoms in total. The summed E-state index contributed by atoms with van der Waals surface area (Å²) in [6, 6.07) is 12.2. The van der Waals surface area contributed by atoms with Gasteiger partial charge in [-0.1, -0.05) is 57.2 Å². The summed E-state index contributed by atoms with van der Waals surface area (Å²) in [7, 11) is -4.97. The number of nitrogens with one attached hydrogen (secondary N) is 3. The molecular weight excluding hydrogens is 1220 g/mol. The Balaban J connectivity index is 1.04. The number of benzene rings is 3. The highest BCUT2D eigenvalue weighted by molar-refractivity contribution is 7.92. The van der Waals surface area contributed by atoms with Gasteiger partial charge in [0.05, 0.1) is 58.2 Å². The van der Waals surface area contributed by atoms with Gasteiger partial charge in [-0.05, 0) is 55.3 Å². The van der Waals surface area contributed by atoms with E-state index in [2.05, 4.69) is 25.6 Å². The fourth-order valence-corrected chi connectivity index (χ4v) is 11.3. The molecule has 14 N–H and O–H groups in total. The number of aliphatic hydroxyl groups excluding tert-OH is 9. The van der Waals surface area contributed by atoms with E-state index in [9.17, 15) is 91.9 Å². The Bertz CT molecular complexity index is 3450. The quantitative estimate of drug-likeness (QED) is 0.0315. The normalized spacial score (nSPS) is 19.8. The molecule has 4 unspecified atom stereocenters. The van der Waals surface area contributed by atoms with Crippen molar-refractivity contribution in [3.05, 3.63) is 107 Å². The van der Waals surface area contributed by atoms with Gasteiger partial charge < -0.3 is 71.2 Å². The molecule has 3 heterocycles. The molecule has 1 aliphatic rings. The van der Waals surface area contributed by atoms with Crippen LogP contribution in [0.2, 0.25) is 0 Å². The largest absolute Gasteiger partial charge is 0.444 e. The summed E-state index contributed by atoms with van der Waals surface area (Å²) in [6.45, 7) is 5.47. The predicted octanol–water partition coefficient (Wildman–Crippen LogP) is 0.815. The molecule has 0 bridgehead atoms. The Morgan fingerprint density at radius 3 is 2.06 bits per heavy atom. The maximum atomic E-state index is 16.4. The number of rotatable bonds is 29. The van der Waals surface area contributed by atoms with Crippen LogP contribution in [0.15, 0.2) is 77.8 Å². The van der Waals surface area contributed by atoms with Gasteiger partial charge in [-0.15, -0.1) is 11.3 Å². The smallest absolute Gasteiger partial charge is 0.414 e. The number of amides is 3. The van der Waals surface area contributed by atoms with Crippen molar-refractivity contribution < 1.29 is 111 Å². The third-order valence-electron chi connectivity index (χ3n) is 14.1. The minimum atomic E-state index is -4.97. The zero-order valence-corrected chi connectivity index (χ0v) is 49.9. The summed E-state index contributed by atoms with van der Waals surface area (Å²) in [6.07, 6.45) is -22.5. The lowest BCUT2D eigenvalue weighted by Crippen LogP contribution is -2.61. The summed E-state index contributed by atoms with van der Waals surface area (Å²) in [5.41, 5.74) is 5.00. The molecule has 89 heavy (non-hydrogen) atoms. The Morgan fingerprint density at radius 1 is 0.809 bits per heavy atom. The Morgan fingerprint density at radius 2 is 1.45 bits per heavy atom. The van der Waals surface area contributed by atoms with Crippen molar-refractivity contribution in [3.63, 3.8) is 0 Å². The molecule has 3 aromatic carbocycles. The molecule has 1 fully saturated rings. The molecule has 1 saturated heterocycles. The lowest BCUT2D eigenvalue weighted by molar-refractivity contribution is -0.326. The monoisotopic (exact) mass is 1290 g/mol. The summed E-state index contributed by atoms with van der Waals surface area (Å²) in [4.78, 5) is 91.2. The van der Waals surface area contributed by atoms with Crippen LogP contribution in [0, 0.1) is 29.3 Å². The van der Waals surface area contributed by atoms with Gasteiger partial charge in [0.15, 0.2) is 28.6 Å². The first-order chi connectivity index (χ1) is 41.8. The first-order valence-corrected chi connectivity index (χ1v) is 29.6. The van der Waals surface area contributed by atoms with Crippen LogP contribution in [-0.4, -0.2) is 185 Å². The van der Waals surface area contributed by atoms with Crippen molar-refractivity contribution in [1.29, 1.82) is 0 Å². The average Bonchev–Trinajstić information content (AvgIpc) is 1.81. The molecule has 13 atom stereocenters. The van der Waals surface area contributed by atoms with Gasteiger partial charge in [0.25, 0.3) is 10.0 Å². The number of hydrogen-bond acceptors (Lipinski definition) is 24. The van der Waals surface area contributed by atoms with Gasteiger partial charge in [0.2, 0.25) is 17.8 Å². The number of hydrogen-bond donors (Lipinski definition) is 13. The van der Waals surface area contributed by atoms with Gasteiger partial charge in [-0.3, -0.25) is 34.0 Å². The van der Waals surface area contributed by atoms with Crippen LogP contribution in [0.3, 0.4) is 0 Å². The average molecular weight is 1290 g/mol. The SMILES string of the molecule is CC(NC(=O)C(CC(=O)[C@H](O)[C@H](O)[C@@H](O[C@@H]1O[C@H](CO)[C@H](O)[C@H](O)[C@H]1O)[C@H](O)CO)C(C)O)C(=O)CC(CC(N)=O)C(=O)Cc1ccc(COC(=O)Nc2nccc(-c3sc(C(C)(C)C)nc3-c3cccc(NS(=O)(=O)c4c(F)cccc4F)c3F)n2)cc1. The number of aromatic nitrogens is 3. The number of sulfonamides is 1. The number of thiazole rings is 1. The number of ketones is 3. The van der Waals surface area contributed by atoms with Crippen molar-refractivity contribution in [3.8, 4) is 21.8 Å². The van der Waals surface area contributed by atoms with Crippen molar-refractivity contribution >= 4 is 68.3 Å². The van der Waals surface area contributed by atoms with Crippen LogP contribution >= 0.6 is 11.3 Å². The minimum Gasteiger partial charge on any atom is -0.444 e. The Kier molecular flexibility index (Phi) is 24.2. The number of Topliss-reactive ketones (excluding diaryl/α,β-unsaturated/α-hetero) is 3. The maximum absolute atomic E-state index is 16.4.